The van der Waals surface area contributed by atoms with E-state index < -0.39 is 0 Å². The number of hydrogen-bond donors (Lipinski definition) is 0. The SMILES string of the molecule is CCCCn1ncc(Br)c1COCC. The fourth-order valence-electron chi connectivity index (χ4n) is 1.23. The molecule has 0 aliphatic rings. The Hall–Kier alpha value is -0.350. The molecule has 1 heterocycles. The Balaban J connectivity index is 2.62. The molecule has 0 spiro atoms. The van der Waals surface area contributed by atoms with Gasteiger partial charge in [-0.1, -0.05) is 13.3 Å². The second kappa shape index (κ2) is 6.19. The van der Waals surface area contributed by atoms with Gasteiger partial charge in [-0.25, -0.2) is 0 Å². The van der Waals surface area contributed by atoms with Crippen molar-refractivity contribution in [1.29, 1.82) is 0 Å². The van der Waals surface area contributed by atoms with Crippen molar-refractivity contribution in [3.63, 3.8) is 0 Å². The quantitative estimate of drug-likeness (QED) is 0.787. The van der Waals surface area contributed by atoms with Gasteiger partial charge in [-0.3, -0.25) is 4.68 Å². The molecule has 0 radical (unpaired) electrons. The van der Waals surface area contributed by atoms with Crippen LogP contribution in [0.3, 0.4) is 0 Å². The van der Waals surface area contributed by atoms with Crippen molar-refractivity contribution in [3.05, 3.63) is 16.4 Å². The van der Waals surface area contributed by atoms with Crippen molar-refractivity contribution in [1.82, 2.24) is 9.78 Å². The zero-order valence-corrected chi connectivity index (χ0v) is 10.4. The predicted octanol–water partition coefficient (Wildman–Crippen LogP) is 2.98. The number of aryl methyl sites for hydroxylation is 1. The van der Waals surface area contributed by atoms with Gasteiger partial charge in [0.15, 0.2) is 0 Å². The Kier molecular flexibility index (Phi) is 5.19. The van der Waals surface area contributed by atoms with E-state index >= 15 is 0 Å². The molecule has 0 saturated carbocycles. The Labute approximate surface area is 93.6 Å². The summed E-state index contributed by atoms with van der Waals surface area (Å²) in [5.74, 6) is 0. The molecule has 14 heavy (non-hydrogen) atoms. The maximum Gasteiger partial charge on any atom is 0.0896 e. The molecule has 0 aliphatic carbocycles. The van der Waals surface area contributed by atoms with Crippen LogP contribution in [0, 0.1) is 0 Å². The van der Waals surface area contributed by atoms with Gasteiger partial charge in [0.1, 0.15) is 0 Å². The lowest BCUT2D eigenvalue weighted by Crippen LogP contribution is -2.06. The molecule has 0 fully saturated rings. The van der Waals surface area contributed by atoms with Gasteiger partial charge >= 0.3 is 0 Å². The van der Waals surface area contributed by atoms with Gasteiger partial charge in [0.05, 0.1) is 23.0 Å². The monoisotopic (exact) mass is 260 g/mol. The average Bonchev–Trinajstić information content (AvgIpc) is 2.53. The molecule has 80 valence electrons. The van der Waals surface area contributed by atoms with E-state index in [4.69, 9.17) is 4.74 Å². The van der Waals surface area contributed by atoms with Crippen LogP contribution in [0.4, 0.5) is 0 Å². The maximum atomic E-state index is 5.39. The standard InChI is InChI=1S/C10H17BrN2O/c1-3-5-6-13-10(8-14-4-2)9(11)7-12-13/h7H,3-6,8H2,1-2H3. The highest BCUT2D eigenvalue weighted by molar-refractivity contribution is 9.10. The summed E-state index contributed by atoms with van der Waals surface area (Å²) in [6, 6.07) is 0. The predicted molar refractivity (Wildman–Crippen MR) is 60.2 cm³/mol. The summed E-state index contributed by atoms with van der Waals surface area (Å²) in [4.78, 5) is 0. The molecule has 1 aromatic rings. The van der Waals surface area contributed by atoms with E-state index in [1.54, 1.807) is 0 Å². The van der Waals surface area contributed by atoms with E-state index in [1.165, 1.54) is 6.42 Å². The van der Waals surface area contributed by atoms with Gasteiger partial charge in [0, 0.05) is 13.2 Å². The van der Waals surface area contributed by atoms with Gasteiger partial charge in [-0.15, -0.1) is 0 Å². The van der Waals surface area contributed by atoms with Crippen LogP contribution in [0.15, 0.2) is 10.7 Å². The molecule has 0 amide bonds. The number of nitrogens with zero attached hydrogens (tertiary/aromatic N) is 2. The molecule has 3 nitrogen and oxygen atoms in total. The molecule has 0 atom stereocenters. The molecule has 1 rings (SSSR count). The summed E-state index contributed by atoms with van der Waals surface area (Å²) in [5, 5.41) is 4.30. The van der Waals surface area contributed by atoms with E-state index in [0.717, 1.165) is 29.7 Å². The first-order chi connectivity index (χ1) is 6.79. The van der Waals surface area contributed by atoms with Crippen LogP contribution in [-0.2, 0) is 17.9 Å². The van der Waals surface area contributed by atoms with E-state index in [9.17, 15) is 0 Å². The second-order valence-corrected chi connectivity index (χ2v) is 4.01. The lowest BCUT2D eigenvalue weighted by atomic mass is 10.3. The minimum atomic E-state index is 0.640. The van der Waals surface area contributed by atoms with Crippen LogP contribution in [0.1, 0.15) is 32.4 Å². The van der Waals surface area contributed by atoms with Crippen LogP contribution in [-0.4, -0.2) is 16.4 Å². The normalized spacial score (nSPS) is 10.8. The van der Waals surface area contributed by atoms with E-state index in [0.29, 0.717) is 6.61 Å². The summed E-state index contributed by atoms with van der Waals surface area (Å²) in [5.41, 5.74) is 1.14. The van der Waals surface area contributed by atoms with Crippen LogP contribution in [0.2, 0.25) is 0 Å². The third-order valence-electron chi connectivity index (χ3n) is 2.06. The molecule has 0 saturated heterocycles. The highest BCUT2D eigenvalue weighted by Gasteiger charge is 2.07. The zero-order valence-electron chi connectivity index (χ0n) is 8.79. The number of ether oxygens (including phenoxy) is 1. The van der Waals surface area contributed by atoms with E-state index in [-0.39, 0.29) is 0 Å². The smallest absolute Gasteiger partial charge is 0.0896 e. The van der Waals surface area contributed by atoms with Crippen molar-refractivity contribution < 1.29 is 4.74 Å². The fourth-order valence-corrected chi connectivity index (χ4v) is 1.64. The number of unbranched alkanes of at least 4 members (excludes halogenated alkanes) is 1. The molecule has 0 aromatic carbocycles. The van der Waals surface area contributed by atoms with Crippen molar-refractivity contribution in [3.8, 4) is 0 Å². The third kappa shape index (κ3) is 3.10. The molecule has 0 aliphatic heterocycles. The van der Waals surface area contributed by atoms with Crippen LogP contribution in [0.5, 0.6) is 0 Å². The molecule has 1 aromatic heterocycles. The highest BCUT2D eigenvalue weighted by Crippen LogP contribution is 2.17. The topological polar surface area (TPSA) is 27.1 Å². The summed E-state index contributed by atoms with van der Waals surface area (Å²) in [6.07, 6.45) is 4.18. The maximum absolute atomic E-state index is 5.39. The summed E-state index contributed by atoms with van der Waals surface area (Å²) >= 11 is 3.48. The van der Waals surface area contributed by atoms with Crippen LogP contribution >= 0.6 is 15.9 Å². The lowest BCUT2D eigenvalue weighted by Gasteiger charge is -2.07. The lowest BCUT2D eigenvalue weighted by molar-refractivity contribution is 0.127. The fraction of sp³-hybridized carbons (Fsp3) is 0.700. The third-order valence-corrected chi connectivity index (χ3v) is 2.73. The molecular formula is C10H17BrN2O. The van der Waals surface area contributed by atoms with Gasteiger partial charge in [0.2, 0.25) is 0 Å². The number of halogens is 1. The first kappa shape index (κ1) is 11.7. The first-order valence-electron chi connectivity index (χ1n) is 5.07. The summed E-state index contributed by atoms with van der Waals surface area (Å²) in [7, 11) is 0. The van der Waals surface area contributed by atoms with E-state index in [2.05, 4.69) is 28.0 Å². The molecule has 0 unspecified atom stereocenters. The van der Waals surface area contributed by atoms with Crippen LogP contribution < -0.4 is 0 Å². The van der Waals surface area contributed by atoms with E-state index in [1.807, 2.05) is 17.8 Å². The van der Waals surface area contributed by atoms with Crippen molar-refractivity contribution >= 4 is 15.9 Å². The Morgan fingerprint density at radius 1 is 1.50 bits per heavy atom. The minimum absolute atomic E-state index is 0.640. The minimum Gasteiger partial charge on any atom is -0.375 e. The van der Waals surface area contributed by atoms with Crippen molar-refractivity contribution in [2.24, 2.45) is 0 Å². The molecule has 0 bridgehead atoms. The van der Waals surface area contributed by atoms with Gasteiger partial charge in [-0.05, 0) is 29.3 Å². The average molecular weight is 261 g/mol. The molecular weight excluding hydrogens is 244 g/mol. The highest BCUT2D eigenvalue weighted by atomic mass is 79.9. The van der Waals surface area contributed by atoms with Crippen LogP contribution in [0.25, 0.3) is 0 Å². The Morgan fingerprint density at radius 2 is 2.29 bits per heavy atom. The molecule has 4 heteroatoms. The molecule has 0 N–H and O–H groups in total. The second-order valence-electron chi connectivity index (χ2n) is 3.15. The largest absolute Gasteiger partial charge is 0.375 e. The summed E-state index contributed by atoms with van der Waals surface area (Å²) in [6.45, 7) is 6.54. The first-order valence-corrected chi connectivity index (χ1v) is 5.86. The van der Waals surface area contributed by atoms with Gasteiger partial charge in [-0.2, -0.15) is 5.10 Å². The number of rotatable bonds is 6. The van der Waals surface area contributed by atoms with Crippen molar-refractivity contribution in [2.45, 2.75) is 39.8 Å². The van der Waals surface area contributed by atoms with Crippen molar-refractivity contribution in [2.75, 3.05) is 6.61 Å². The van der Waals surface area contributed by atoms with Gasteiger partial charge in [0.25, 0.3) is 0 Å². The van der Waals surface area contributed by atoms with Gasteiger partial charge < -0.3 is 4.74 Å². The Bertz CT molecular complexity index is 273. The zero-order chi connectivity index (χ0) is 10.4. The Morgan fingerprint density at radius 3 is 2.93 bits per heavy atom. The number of hydrogen-bond acceptors (Lipinski definition) is 2. The summed E-state index contributed by atoms with van der Waals surface area (Å²) < 4.78 is 8.45. The number of aromatic nitrogens is 2.